The molecule has 2 N–H and O–H groups in total. The summed E-state index contributed by atoms with van der Waals surface area (Å²) in [6.45, 7) is -0.188. The molecule has 0 saturated carbocycles. The maximum absolute atomic E-state index is 12.8. The number of nitrogens with two attached hydrogens (primary N) is 1. The number of carbonyl (C=O) groups excluding carboxylic acids is 3. The van der Waals surface area contributed by atoms with Crippen molar-refractivity contribution in [1.29, 1.82) is 0 Å². The molecule has 0 aliphatic carbocycles. The van der Waals surface area contributed by atoms with Crippen LogP contribution in [0.1, 0.15) is 5.56 Å². The van der Waals surface area contributed by atoms with E-state index in [1.807, 2.05) is 6.07 Å². The summed E-state index contributed by atoms with van der Waals surface area (Å²) in [5, 5.41) is -0.249. The second kappa shape index (κ2) is 11.0. The number of primary amides is 1. The van der Waals surface area contributed by atoms with E-state index in [-0.39, 0.29) is 41.2 Å². The molecule has 2 aromatic rings. The van der Waals surface area contributed by atoms with Crippen molar-refractivity contribution in [2.45, 2.75) is 0 Å². The zero-order valence-electron chi connectivity index (χ0n) is 17.8. The van der Waals surface area contributed by atoms with Crippen LogP contribution in [0.2, 0.25) is 5.02 Å². The number of benzene rings is 2. The van der Waals surface area contributed by atoms with E-state index in [9.17, 15) is 14.4 Å². The van der Waals surface area contributed by atoms with Crippen molar-refractivity contribution >= 4 is 46.5 Å². The topological polar surface area (TPSA) is 117 Å². The van der Waals surface area contributed by atoms with Gasteiger partial charge in [-0.05, 0) is 47.7 Å². The molecule has 0 spiro atoms. The van der Waals surface area contributed by atoms with E-state index in [1.165, 1.54) is 26.4 Å². The molecule has 33 heavy (non-hydrogen) atoms. The first-order chi connectivity index (χ1) is 15.8. The Morgan fingerprint density at radius 3 is 2.45 bits per heavy atom. The number of hydrogen-bond acceptors (Lipinski definition) is 8. The molecule has 0 aromatic heterocycles. The second-order valence-electron chi connectivity index (χ2n) is 6.62. The van der Waals surface area contributed by atoms with E-state index in [2.05, 4.69) is 0 Å². The number of ether oxygens (including phenoxy) is 4. The highest BCUT2D eigenvalue weighted by Gasteiger charge is 2.35. The molecule has 0 unspecified atom stereocenters. The Balaban J connectivity index is 1.71. The maximum Gasteiger partial charge on any atom is 0.293 e. The molecule has 0 bridgehead atoms. The van der Waals surface area contributed by atoms with Crippen LogP contribution in [-0.4, -0.2) is 55.9 Å². The van der Waals surface area contributed by atoms with Gasteiger partial charge in [-0.2, -0.15) is 0 Å². The summed E-state index contributed by atoms with van der Waals surface area (Å²) < 4.78 is 21.4. The van der Waals surface area contributed by atoms with Gasteiger partial charge in [0.05, 0.1) is 30.7 Å². The van der Waals surface area contributed by atoms with E-state index in [0.29, 0.717) is 17.1 Å². The summed E-state index contributed by atoms with van der Waals surface area (Å²) in [5.74, 6) is 0.359. The highest BCUT2D eigenvalue weighted by atomic mass is 35.5. The standard InChI is InChI=1S/C22H21ClN2O7S/c1-29-15-5-3-4-6-16(15)31-8-7-25-21(27)18(33-22(25)28)11-13-9-14(23)20(17(10-13)30-2)32-12-19(24)26/h3-6,9-11H,7-8,12H2,1-2H3,(H2,24,26)/b18-11-. The van der Waals surface area contributed by atoms with E-state index >= 15 is 0 Å². The number of carbonyl (C=O) groups is 3. The molecular formula is C22H21ClN2O7S. The van der Waals surface area contributed by atoms with Gasteiger partial charge in [0.25, 0.3) is 17.1 Å². The molecule has 1 aliphatic rings. The molecule has 1 aliphatic heterocycles. The Labute approximate surface area is 199 Å². The Kier molecular flexibility index (Phi) is 8.07. The minimum atomic E-state index is -0.666. The second-order valence-corrected chi connectivity index (χ2v) is 8.02. The fourth-order valence-corrected chi connectivity index (χ4v) is 4.07. The molecular weight excluding hydrogens is 472 g/mol. The SMILES string of the molecule is COc1ccccc1OCCN1C(=O)S/C(=C\c2cc(Cl)c(OCC(N)=O)c(OC)c2)C1=O. The average molecular weight is 493 g/mol. The van der Waals surface area contributed by atoms with Gasteiger partial charge in [0, 0.05) is 0 Å². The largest absolute Gasteiger partial charge is 0.493 e. The lowest BCUT2D eigenvalue weighted by atomic mass is 10.1. The fraction of sp³-hybridized carbons (Fsp3) is 0.227. The average Bonchev–Trinajstić information content (AvgIpc) is 3.05. The van der Waals surface area contributed by atoms with E-state index < -0.39 is 17.1 Å². The Bertz CT molecular complexity index is 1110. The summed E-state index contributed by atoms with van der Waals surface area (Å²) in [7, 11) is 2.93. The van der Waals surface area contributed by atoms with Crippen LogP contribution in [0.15, 0.2) is 41.3 Å². The highest BCUT2D eigenvalue weighted by Crippen LogP contribution is 2.39. The van der Waals surface area contributed by atoms with Gasteiger partial charge in [-0.1, -0.05) is 23.7 Å². The summed E-state index contributed by atoms with van der Waals surface area (Å²) in [4.78, 5) is 37.4. The van der Waals surface area contributed by atoms with Crippen molar-refractivity contribution in [2.24, 2.45) is 5.73 Å². The van der Waals surface area contributed by atoms with Gasteiger partial charge in [-0.25, -0.2) is 0 Å². The van der Waals surface area contributed by atoms with Gasteiger partial charge in [0.1, 0.15) is 6.61 Å². The van der Waals surface area contributed by atoms with Crippen LogP contribution in [0.5, 0.6) is 23.0 Å². The van der Waals surface area contributed by atoms with Gasteiger partial charge in [0.2, 0.25) is 0 Å². The normalized spacial score (nSPS) is 14.5. The van der Waals surface area contributed by atoms with Crippen molar-refractivity contribution in [3.63, 3.8) is 0 Å². The number of para-hydroxylation sites is 2. The number of thioether (sulfide) groups is 1. The third-order valence-corrected chi connectivity index (χ3v) is 5.61. The Morgan fingerprint density at radius 1 is 1.09 bits per heavy atom. The van der Waals surface area contributed by atoms with E-state index in [1.54, 1.807) is 24.3 Å². The first kappa shape index (κ1) is 24.3. The predicted octanol–water partition coefficient (Wildman–Crippen LogP) is 3.34. The number of rotatable bonds is 10. The zero-order valence-corrected chi connectivity index (χ0v) is 19.4. The predicted molar refractivity (Wildman–Crippen MR) is 124 cm³/mol. The first-order valence-electron chi connectivity index (χ1n) is 9.64. The highest BCUT2D eigenvalue weighted by molar-refractivity contribution is 8.18. The van der Waals surface area contributed by atoms with Crippen LogP contribution < -0.4 is 24.7 Å². The molecule has 174 valence electrons. The summed E-state index contributed by atoms with van der Waals surface area (Å²) >= 11 is 7.06. The summed E-state index contributed by atoms with van der Waals surface area (Å²) in [6.07, 6.45) is 1.53. The van der Waals surface area contributed by atoms with Crippen molar-refractivity contribution in [1.82, 2.24) is 4.90 Å². The molecule has 2 aromatic carbocycles. The monoisotopic (exact) mass is 492 g/mol. The van der Waals surface area contributed by atoms with Crippen LogP contribution in [-0.2, 0) is 9.59 Å². The molecule has 1 heterocycles. The van der Waals surface area contributed by atoms with Gasteiger partial charge >= 0.3 is 0 Å². The van der Waals surface area contributed by atoms with Crippen LogP contribution >= 0.6 is 23.4 Å². The summed E-state index contributed by atoms with van der Waals surface area (Å²) in [5.41, 5.74) is 5.61. The summed E-state index contributed by atoms with van der Waals surface area (Å²) in [6, 6.07) is 10.2. The minimum absolute atomic E-state index is 0.0734. The van der Waals surface area contributed by atoms with Gasteiger partial charge < -0.3 is 24.7 Å². The van der Waals surface area contributed by atoms with Crippen molar-refractivity contribution < 1.29 is 33.3 Å². The molecule has 0 atom stereocenters. The van der Waals surface area contributed by atoms with Crippen molar-refractivity contribution in [3.8, 4) is 23.0 Å². The van der Waals surface area contributed by atoms with Crippen LogP contribution in [0.3, 0.4) is 0 Å². The lowest BCUT2D eigenvalue weighted by molar-refractivity contribution is -0.123. The number of hydrogen-bond donors (Lipinski definition) is 1. The molecule has 11 heteroatoms. The van der Waals surface area contributed by atoms with Crippen LogP contribution in [0.25, 0.3) is 6.08 Å². The third-order valence-electron chi connectivity index (χ3n) is 4.42. The third kappa shape index (κ3) is 5.91. The molecule has 3 amide bonds. The lowest BCUT2D eigenvalue weighted by Gasteiger charge is -2.14. The number of halogens is 1. The van der Waals surface area contributed by atoms with Crippen LogP contribution in [0.4, 0.5) is 4.79 Å². The van der Waals surface area contributed by atoms with Crippen molar-refractivity contribution in [3.05, 3.63) is 51.9 Å². The van der Waals surface area contributed by atoms with Gasteiger partial charge in [-0.3, -0.25) is 19.3 Å². The van der Waals surface area contributed by atoms with Crippen LogP contribution in [0, 0.1) is 0 Å². The van der Waals surface area contributed by atoms with E-state index in [0.717, 1.165) is 16.7 Å². The molecule has 0 radical (unpaired) electrons. The van der Waals surface area contributed by atoms with Gasteiger partial charge in [-0.15, -0.1) is 0 Å². The molecule has 1 saturated heterocycles. The number of nitrogens with zero attached hydrogens (tertiary/aromatic N) is 1. The number of amides is 3. The molecule has 3 rings (SSSR count). The zero-order chi connectivity index (χ0) is 24.0. The molecule has 9 nitrogen and oxygen atoms in total. The molecule has 1 fully saturated rings. The minimum Gasteiger partial charge on any atom is -0.493 e. The number of methoxy groups -OCH3 is 2. The fourth-order valence-electron chi connectivity index (χ4n) is 2.94. The first-order valence-corrected chi connectivity index (χ1v) is 10.8. The Morgan fingerprint density at radius 2 is 1.79 bits per heavy atom. The van der Waals surface area contributed by atoms with Gasteiger partial charge in [0.15, 0.2) is 29.6 Å². The van der Waals surface area contributed by atoms with E-state index in [4.69, 9.17) is 36.3 Å². The van der Waals surface area contributed by atoms with Crippen molar-refractivity contribution in [2.75, 3.05) is 34.0 Å². The number of imide groups is 1. The quantitative estimate of drug-likeness (QED) is 0.502. The maximum atomic E-state index is 12.8. The lowest BCUT2D eigenvalue weighted by Crippen LogP contribution is -2.32. The Hall–Kier alpha value is -3.37. The smallest absolute Gasteiger partial charge is 0.293 e.